The first-order valence-corrected chi connectivity index (χ1v) is 6.00. The summed E-state index contributed by atoms with van der Waals surface area (Å²) in [4.78, 5) is 0. The molecule has 0 radical (unpaired) electrons. The van der Waals surface area contributed by atoms with Crippen LogP contribution in [0.2, 0.25) is 0 Å². The average Bonchev–Trinajstić information content (AvgIpc) is 2.14. The lowest BCUT2D eigenvalue weighted by Crippen LogP contribution is -2.24. The van der Waals surface area contributed by atoms with Crippen molar-refractivity contribution in [1.82, 2.24) is 0 Å². The van der Waals surface area contributed by atoms with E-state index in [2.05, 4.69) is 4.74 Å². The van der Waals surface area contributed by atoms with Gasteiger partial charge in [-0.2, -0.15) is 13.2 Å². The Labute approximate surface area is 99.5 Å². The molecule has 1 rings (SSSR count). The van der Waals surface area contributed by atoms with Crippen molar-refractivity contribution in [2.75, 3.05) is 13.2 Å². The molecule has 1 unspecified atom stereocenters. The van der Waals surface area contributed by atoms with Crippen LogP contribution in [0.15, 0.2) is 11.6 Å². The molecule has 2 nitrogen and oxygen atoms in total. The van der Waals surface area contributed by atoms with Crippen LogP contribution in [0, 0.1) is 0 Å². The second-order valence-electron chi connectivity index (χ2n) is 4.38. The minimum Gasteiger partial charge on any atom is -0.386 e. The van der Waals surface area contributed by atoms with E-state index in [4.69, 9.17) is 0 Å². The van der Waals surface area contributed by atoms with Gasteiger partial charge in [0.1, 0.15) is 6.61 Å². The molecule has 0 bridgehead atoms. The van der Waals surface area contributed by atoms with Crippen molar-refractivity contribution in [3.05, 3.63) is 11.6 Å². The van der Waals surface area contributed by atoms with Gasteiger partial charge in [-0.05, 0) is 31.3 Å². The Bertz CT molecular complexity index is 249. The van der Waals surface area contributed by atoms with Crippen LogP contribution in [0.3, 0.4) is 0 Å². The summed E-state index contributed by atoms with van der Waals surface area (Å²) in [5, 5.41) is 9.73. The Hall–Kier alpha value is -0.550. The highest BCUT2D eigenvalue weighted by molar-refractivity contribution is 5.08. The molecule has 0 heterocycles. The molecule has 0 fully saturated rings. The van der Waals surface area contributed by atoms with E-state index in [1.165, 1.54) is 6.42 Å². The first-order chi connectivity index (χ1) is 7.99. The second-order valence-corrected chi connectivity index (χ2v) is 4.38. The number of aliphatic hydroxyl groups excluding tert-OH is 1. The number of ether oxygens (including phenoxy) is 1. The van der Waals surface area contributed by atoms with E-state index in [0.29, 0.717) is 0 Å². The van der Waals surface area contributed by atoms with Gasteiger partial charge in [0, 0.05) is 0 Å². The number of alkyl halides is 3. The summed E-state index contributed by atoms with van der Waals surface area (Å²) >= 11 is 0. The molecule has 1 aliphatic carbocycles. The van der Waals surface area contributed by atoms with Crippen LogP contribution < -0.4 is 0 Å². The molecule has 1 atom stereocenters. The molecular formula is C12H19F3O2. The summed E-state index contributed by atoms with van der Waals surface area (Å²) in [7, 11) is 0. The molecule has 0 spiro atoms. The van der Waals surface area contributed by atoms with Crippen LogP contribution in [0.25, 0.3) is 0 Å². The number of hydrogen-bond donors (Lipinski definition) is 1. The highest BCUT2D eigenvalue weighted by atomic mass is 19.4. The molecule has 0 saturated heterocycles. The zero-order valence-electron chi connectivity index (χ0n) is 9.80. The monoisotopic (exact) mass is 252 g/mol. The van der Waals surface area contributed by atoms with Crippen molar-refractivity contribution in [1.29, 1.82) is 0 Å². The van der Waals surface area contributed by atoms with Crippen molar-refractivity contribution in [3.8, 4) is 0 Å². The molecular weight excluding hydrogens is 233 g/mol. The van der Waals surface area contributed by atoms with Gasteiger partial charge in [0.2, 0.25) is 0 Å². The van der Waals surface area contributed by atoms with Crippen molar-refractivity contribution in [2.45, 2.75) is 50.8 Å². The van der Waals surface area contributed by atoms with E-state index in [-0.39, 0.29) is 6.61 Å². The Morgan fingerprint density at radius 3 is 2.65 bits per heavy atom. The maximum Gasteiger partial charge on any atom is 0.411 e. The van der Waals surface area contributed by atoms with E-state index in [0.717, 1.165) is 37.7 Å². The lowest BCUT2D eigenvalue weighted by atomic mass is 9.97. The number of hydrogen-bond acceptors (Lipinski definition) is 2. The van der Waals surface area contributed by atoms with Gasteiger partial charge in [0.25, 0.3) is 0 Å². The third-order valence-corrected chi connectivity index (χ3v) is 2.80. The largest absolute Gasteiger partial charge is 0.411 e. The molecule has 0 saturated carbocycles. The Morgan fingerprint density at radius 2 is 1.94 bits per heavy atom. The Morgan fingerprint density at radius 1 is 1.24 bits per heavy atom. The minimum absolute atomic E-state index is 0.272. The van der Waals surface area contributed by atoms with Crippen LogP contribution in [0.4, 0.5) is 13.2 Å². The second kappa shape index (κ2) is 7.01. The van der Waals surface area contributed by atoms with Crippen LogP contribution in [-0.4, -0.2) is 30.6 Å². The van der Waals surface area contributed by atoms with Crippen molar-refractivity contribution < 1.29 is 23.0 Å². The van der Waals surface area contributed by atoms with E-state index in [1.54, 1.807) is 0 Å². The van der Waals surface area contributed by atoms with E-state index in [1.807, 2.05) is 6.08 Å². The van der Waals surface area contributed by atoms with Gasteiger partial charge < -0.3 is 9.84 Å². The number of rotatable bonds is 4. The predicted molar refractivity (Wildman–Crippen MR) is 58.7 cm³/mol. The number of aliphatic hydroxyl groups is 1. The average molecular weight is 252 g/mol. The third kappa shape index (κ3) is 6.68. The Balaban J connectivity index is 2.32. The summed E-state index contributed by atoms with van der Waals surface area (Å²) in [6.45, 7) is -1.57. The lowest BCUT2D eigenvalue weighted by molar-refractivity contribution is -0.177. The van der Waals surface area contributed by atoms with Crippen molar-refractivity contribution >= 4 is 0 Å². The fraction of sp³-hybridized carbons (Fsp3) is 0.833. The summed E-state index contributed by atoms with van der Waals surface area (Å²) < 4.78 is 40.0. The zero-order valence-corrected chi connectivity index (χ0v) is 9.80. The molecule has 0 amide bonds. The summed E-state index contributed by atoms with van der Waals surface area (Å²) in [5.74, 6) is 0. The molecule has 100 valence electrons. The molecule has 0 aliphatic heterocycles. The maximum atomic E-state index is 11.8. The molecule has 17 heavy (non-hydrogen) atoms. The summed E-state index contributed by atoms with van der Waals surface area (Å²) in [5.41, 5.74) is 0.826. The highest BCUT2D eigenvalue weighted by Gasteiger charge is 2.28. The van der Waals surface area contributed by atoms with Crippen molar-refractivity contribution in [3.63, 3.8) is 0 Å². The Kier molecular flexibility index (Phi) is 5.98. The van der Waals surface area contributed by atoms with Gasteiger partial charge in [-0.3, -0.25) is 0 Å². The fourth-order valence-electron chi connectivity index (χ4n) is 1.91. The normalized spacial score (nSPS) is 20.4. The lowest BCUT2D eigenvalue weighted by Gasteiger charge is -2.18. The van der Waals surface area contributed by atoms with Gasteiger partial charge in [-0.1, -0.05) is 18.9 Å². The highest BCUT2D eigenvalue weighted by Crippen LogP contribution is 2.20. The van der Waals surface area contributed by atoms with Gasteiger partial charge >= 0.3 is 6.18 Å². The molecule has 0 aromatic rings. The van der Waals surface area contributed by atoms with E-state index < -0.39 is 18.9 Å². The van der Waals surface area contributed by atoms with Crippen LogP contribution in [0.5, 0.6) is 0 Å². The van der Waals surface area contributed by atoms with E-state index >= 15 is 0 Å². The minimum atomic E-state index is -4.32. The van der Waals surface area contributed by atoms with Crippen LogP contribution >= 0.6 is 0 Å². The summed E-state index contributed by atoms with van der Waals surface area (Å²) in [6.07, 6.45) is 2.76. The first kappa shape index (κ1) is 14.5. The van der Waals surface area contributed by atoms with Gasteiger partial charge in [-0.25, -0.2) is 0 Å². The molecule has 1 aliphatic rings. The topological polar surface area (TPSA) is 29.5 Å². The predicted octanol–water partition coefficient (Wildman–Crippen LogP) is 3.21. The SMILES string of the molecule is OC(COCC(F)(F)F)C1=CCCCCCC1. The summed E-state index contributed by atoms with van der Waals surface area (Å²) in [6, 6.07) is 0. The standard InChI is InChI=1S/C12H19F3O2/c13-12(14,15)9-17-8-11(16)10-6-4-2-1-3-5-7-10/h6,11,16H,1-5,7-9H2. The molecule has 0 aromatic heterocycles. The number of halogens is 3. The van der Waals surface area contributed by atoms with Gasteiger partial charge in [0.05, 0.1) is 12.7 Å². The first-order valence-electron chi connectivity index (χ1n) is 6.00. The number of allylic oxidation sites excluding steroid dienone is 1. The van der Waals surface area contributed by atoms with E-state index in [9.17, 15) is 18.3 Å². The molecule has 0 aromatic carbocycles. The van der Waals surface area contributed by atoms with Crippen LogP contribution in [0.1, 0.15) is 38.5 Å². The quantitative estimate of drug-likeness (QED) is 0.778. The smallest absolute Gasteiger partial charge is 0.386 e. The fourth-order valence-corrected chi connectivity index (χ4v) is 1.91. The zero-order chi connectivity index (χ0) is 12.7. The maximum absolute atomic E-state index is 11.8. The van der Waals surface area contributed by atoms with Crippen LogP contribution in [-0.2, 0) is 4.74 Å². The van der Waals surface area contributed by atoms with Gasteiger partial charge in [-0.15, -0.1) is 0 Å². The van der Waals surface area contributed by atoms with Gasteiger partial charge in [0.15, 0.2) is 0 Å². The van der Waals surface area contributed by atoms with Crippen molar-refractivity contribution in [2.24, 2.45) is 0 Å². The molecule has 1 N–H and O–H groups in total. The third-order valence-electron chi connectivity index (χ3n) is 2.80. The molecule has 5 heteroatoms.